The van der Waals surface area contributed by atoms with Crippen LogP contribution >= 0.6 is 0 Å². The van der Waals surface area contributed by atoms with Gasteiger partial charge in [-0.25, -0.2) is 0 Å². The number of benzene rings is 14. The van der Waals surface area contributed by atoms with Crippen LogP contribution in [0.2, 0.25) is 0 Å². The van der Waals surface area contributed by atoms with Gasteiger partial charge in [-0.3, -0.25) is 0 Å². The molecule has 410 valence electrons. The molecular weight excluding hydrogens is 985 g/mol. The molecule has 82 heavy (non-hydrogen) atoms. The van der Waals surface area contributed by atoms with E-state index < -0.39 is 0 Å². The van der Waals surface area contributed by atoms with Crippen molar-refractivity contribution in [1.29, 1.82) is 0 Å². The highest BCUT2D eigenvalue weighted by Crippen LogP contribution is 2.42. The Morgan fingerprint density at radius 2 is 0.427 bits per heavy atom. The molecule has 0 spiro atoms. The molecule has 0 amide bonds. The first-order valence-corrected chi connectivity index (χ1v) is 29.5. The Morgan fingerprint density at radius 3 is 0.756 bits per heavy atom. The van der Waals surface area contributed by atoms with E-state index in [1.165, 1.54) is 164 Å². The van der Waals surface area contributed by atoms with Gasteiger partial charge in [0, 0.05) is 0 Å². The Bertz CT molecular complexity index is 4290. The van der Waals surface area contributed by atoms with Crippen LogP contribution in [0.5, 0.6) is 0 Å². The molecule has 0 nitrogen and oxygen atoms in total. The second-order valence-corrected chi connectivity index (χ2v) is 25.3. The molecule has 0 radical (unpaired) electrons. The number of fused-ring (bicyclic) bond motifs is 7. The molecule has 0 bridgehead atoms. The normalized spacial score (nSPS) is 11.7. The van der Waals surface area contributed by atoms with E-state index in [4.69, 9.17) is 0 Å². The fraction of sp³-hybridized carbons (Fsp3) is 0.220. The standard InChI is InChI=1S/C24H30.C22H16.C16H14.C12H12.C8H10/c1-15-19-11-9-18(24(6,7)8)14-22(19)16(2)20-12-10-17(13-21(15)20)23(3,4)5;1-13-9-11-19-20-12-10-14(2)16-6-4-8-18(22(16)20)17-7-3-5-15(13)21(17)19;1-11-13-7-3-5-9-15(13)12(2)16-10-6-4-8-14(11)16;1-9-7-8-10(2)12-6-4-3-5-11(9)12;1-7-3-5-8(2)6-4-7/h9-14H,1-8H3;3-12H,1-2H3;3-10H,1-2H3;3-8H,1-2H3;3-6H,1-2H3. The summed E-state index contributed by atoms with van der Waals surface area (Å²) >= 11 is 0. The highest BCUT2D eigenvalue weighted by molar-refractivity contribution is 6.33. The van der Waals surface area contributed by atoms with Crippen LogP contribution in [0, 0.1) is 69.2 Å². The van der Waals surface area contributed by atoms with Gasteiger partial charge in [0.1, 0.15) is 0 Å². The van der Waals surface area contributed by atoms with Crippen LogP contribution in [-0.4, -0.2) is 0 Å². The van der Waals surface area contributed by atoms with Gasteiger partial charge in [0.25, 0.3) is 0 Å². The van der Waals surface area contributed by atoms with Crippen molar-refractivity contribution in [3.63, 3.8) is 0 Å². The molecule has 0 saturated heterocycles. The predicted octanol–water partition coefficient (Wildman–Crippen LogP) is 23.9. The number of hydrogen-bond acceptors (Lipinski definition) is 0. The summed E-state index contributed by atoms with van der Waals surface area (Å²) in [5.74, 6) is 0. The lowest BCUT2D eigenvalue weighted by Gasteiger charge is -2.23. The summed E-state index contributed by atoms with van der Waals surface area (Å²) in [5.41, 5.74) is 16.8. The molecule has 14 aromatic carbocycles. The van der Waals surface area contributed by atoms with Crippen molar-refractivity contribution in [2.24, 2.45) is 0 Å². The van der Waals surface area contributed by atoms with E-state index in [1.807, 2.05) is 0 Å². The van der Waals surface area contributed by atoms with Crippen molar-refractivity contribution in [3.05, 3.63) is 273 Å². The molecule has 0 heterocycles. The number of aryl methyl sites for hydroxylation is 10. The highest BCUT2D eigenvalue weighted by Gasteiger charge is 2.19. The second-order valence-electron chi connectivity index (χ2n) is 25.3. The van der Waals surface area contributed by atoms with Crippen LogP contribution < -0.4 is 0 Å². The van der Waals surface area contributed by atoms with E-state index >= 15 is 0 Å². The average Bonchev–Trinajstić information content (AvgIpc) is 3.17. The van der Waals surface area contributed by atoms with E-state index in [-0.39, 0.29) is 10.8 Å². The molecular formula is C82H82. The van der Waals surface area contributed by atoms with E-state index in [0.717, 1.165) is 0 Å². The summed E-state index contributed by atoms with van der Waals surface area (Å²) in [5, 5.41) is 24.9. The second kappa shape index (κ2) is 22.9. The molecule has 0 atom stereocenters. The number of hydrogen-bond donors (Lipinski definition) is 0. The largest absolute Gasteiger partial charge is 0.0616 e. The molecule has 0 saturated carbocycles. The summed E-state index contributed by atoms with van der Waals surface area (Å²) in [4.78, 5) is 0. The average molecular weight is 1070 g/mol. The van der Waals surface area contributed by atoms with E-state index in [2.05, 4.69) is 317 Å². The van der Waals surface area contributed by atoms with Gasteiger partial charge >= 0.3 is 0 Å². The number of rotatable bonds is 0. The SMILES string of the molecule is Cc1c2ccc(C(C)(C)C)cc2c(C)c2ccc(C(C)(C)C)cc12.Cc1c2ccccc2c(C)c2ccccc12.Cc1ccc(C)c2ccccc12.Cc1ccc(C)cc1.Cc1ccc2c3ccc(C)c4cccc(c5cccc1c52)c43. The lowest BCUT2D eigenvalue weighted by atomic mass is 9.82. The zero-order valence-corrected chi connectivity index (χ0v) is 51.6. The maximum absolute atomic E-state index is 2.40. The lowest BCUT2D eigenvalue weighted by Crippen LogP contribution is -2.11. The molecule has 0 aliphatic rings. The van der Waals surface area contributed by atoms with Gasteiger partial charge in [-0.05, 0) is 233 Å². The van der Waals surface area contributed by atoms with Gasteiger partial charge in [-0.15, -0.1) is 0 Å². The van der Waals surface area contributed by atoms with E-state index in [0.29, 0.717) is 0 Å². The van der Waals surface area contributed by atoms with Crippen LogP contribution in [-0.2, 0) is 10.8 Å². The third-order valence-electron chi connectivity index (χ3n) is 17.5. The first-order valence-electron chi connectivity index (χ1n) is 29.5. The van der Waals surface area contributed by atoms with Crippen LogP contribution in [0.3, 0.4) is 0 Å². The van der Waals surface area contributed by atoms with Crippen molar-refractivity contribution in [3.8, 4) is 0 Å². The van der Waals surface area contributed by atoms with Crippen molar-refractivity contribution >= 4 is 97.0 Å². The first kappa shape index (κ1) is 56.9. The third-order valence-corrected chi connectivity index (χ3v) is 17.5. The van der Waals surface area contributed by atoms with Gasteiger partial charge in [-0.2, -0.15) is 0 Å². The molecule has 0 aromatic heterocycles. The van der Waals surface area contributed by atoms with Crippen LogP contribution in [0.25, 0.3) is 97.0 Å². The fourth-order valence-electron chi connectivity index (χ4n) is 12.4. The zero-order valence-electron chi connectivity index (χ0n) is 51.6. The van der Waals surface area contributed by atoms with Crippen molar-refractivity contribution in [2.45, 2.75) is 122 Å². The van der Waals surface area contributed by atoms with Gasteiger partial charge in [0.2, 0.25) is 0 Å². The molecule has 0 aliphatic heterocycles. The van der Waals surface area contributed by atoms with E-state index in [9.17, 15) is 0 Å². The summed E-state index contributed by atoms with van der Waals surface area (Å²) in [7, 11) is 0. The topological polar surface area (TPSA) is 0 Å². The van der Waals surface area contributed by atoms with Crippen LogP contribution in [0.15, 0.2) is 206 Å². The smallest absolute Gasteiger partial charge is 0.00237 e. The van der Waals surface area contributed by atoms with Crippen LogP contribution in [0.4, 0.5) is 0 Å². The Labute approximate surface area is 488 Å². The zero-order chi connectivity index (χ0) is 58.4. The Hall–Kier alpha value is -8.32. The molecule has 0 N–H and O–H groups in total. The summed E-state index contributed by atoms with van der Waals surface area (Å²) in [6.45, 7) is 35.6. The summed E-state index contributed by atoms with van der Waals surface area (Å²) < 4.78 is 0. The van der Waals surface area contributed by atoms with Crippen molar-refractivity contribution < 1.29 is 0 Å². The van der Waals surface area contributed by atoms with E-state index in [1.54, 1.807) is 0 Å². The van der Waals surface area contributed by atoms with Crippen molar-refractivity contribution in [2.75, 3.05) is 0 Å². The fourth-order valence-corrected chi connectivity index (χ4v) is 12.4. The highest BCUT2D eigenvalue weighted by atomic mass is 14.2. The molecule has 0 unspecified atom stereocenters. The van der Waals surface area contributed by atoms with Crippen molar-refractivity contribution in [1.82, 2.24) is 0 Å². The van der Waals surface area contributed by atoms with Gasteiger partial charge in [0.05, 0.1) is 0 Å². The van der Waals surface area contributed by atoms with Gasteiger partial charge in [-0.1, -0.05) is 259 Å². The summed E-state index contributed by atoms with van der Waals surface area (Å²) in [6, 6.07) is 75.2. The molecule has 0 heteroatoms. The molecule has 0 aliphatic carbocycles. The first-order chi connectivity index (χ1) is 39.1. The maximum atomic E-state index is 2.40. The predicted molar refractivity (Wildman–Crippen MR) is 366 cm³/mol. The summed E-state index contributed by atoms with van der Waals surface area (Å²) in [6.07, 6.45) is 0. The monoisotopic (exact) mass is 1070 g/mol. The van der Waals surface area contributed by atoms with Gasteiger partial charge in [0.15, 0.2) is 0 Å². The quantitative estimate of drug-likeness (QED) is 0.105. The molecule has 14 rings (SSSR count). The minimum atomic E-state index is 0.180. The Balaban J connectivity index is 0.000000120. The Morgan fingerprint density at radius 1 is 0.195 bits per heavy atom. The van der Waals surface area contributed by atoms with Crippen LogP contribution in [0.1, 0.15) is 108 Å². The van der Waals surface area contributed by atoms with Gasteiger partial charge < -0.3 is 0 Å². The third kappa shape index (κ3) is 11.1. The maximum Gasteiger partial charge on any atom is -0.00237 e. The lowest BCUT2D eigenvalue weighted by molar-refractivity contribution is 0.590. The Kier molecular flexibility index (Phi) is 15.9. The molecule has 14 aromatic rings. The minimum absolute atomic E-state index is 0.180. The molecule has 0 fully saturated rings. The minimum Gasteiger partial charge on any atom is -0.0616 e.